The van der Waals surface area contributed by atoms with Crippen LogP contribution in [0.3, 0.4) is 0 Å². The minimum absolute atomic E-state index is 0.00503. The lowest BCUT2D eigenvalue weighted by Crippen LogP contribution is -2.41. The van der Waals surface area contributed by atoms with Crippen LogP contribution in [0.1, 0.15) is 49.1 Å². The molecular weight excluding hydrogens is 386 g/mol. The highest BCUT2D eigenvalue weighted by atomic mass is 16.4. The Kier molecular flexibility index (Phi) is 6.01. The minimum Gasteiger partial charge on any atom is -0.480 e. The second-order valence-electron chi connectivity index (χ2n) is 8.21. The van der Waals surface area contributed by atoms with Crippen molar-refractivity contribution in [2.24, 2.45) is 5.92 Å². The summed E-state index contributed by atoms with van der Waals surface area (Å²) < 4.78 is 11.2. The van der Waals surface area contributed by atoms with E-state index in [2.05, 4.69) is 5.32 Å². The van der Waals surface area contributed by atoms with Crippen LogP contribution in [-0.4, -0.2) is 23.0 Å². The fraction of sp³-hybridized carbons (Fsp3) is 0.435. The van der Waals surface area contributed by atoms with Gasteiger partial charge in [0.25, 0.3) is 0 Å². The van der Waals surface area contributed by atoms with Crippen molar-refractivity contribution in [3.63, 3.8) is 0 Å². The average molecular weight is 413 g/mol. The number of carbonyl (C=O) groups is 2. The molecule has 1 aromatic carbocycles. The lowest BCUT2D eigenvalue weighted by atomic mass is 10.00. The highest BCUT2D eigenvalue weighted by Gasteiger charge is 2.22. The number of aliphatic carboxylic acids is 1. The van der Waals surface area contributed by atoms with E-state index in [9.17, 15) is 19.5 Å². The Bertz CT molecular complexity index is 1180. The number of benzene rings is 1. The monoisotopic (exact) mass is 413 g/mol. The van der Waals surface area contributed by atoms with Crippen molar-refractivity contribution >= 4 is 33.8 Å². The molecule has 0 aliphatic rings. The quantitative estimate of drug-likeness (QED) is 0.566. The number of rotatable bonds is 7. The average Bonchev–Trinajstić information content (AvgIpc) is 2.92. The molecule has 3 rings (SSSR count). The summed E-state index contributed by atoms with van der Waals surface area (Å²) in [4.78, 5) is 36.2. The molecule has 0 radical (unpaired) electrons. The summed E-state index contributed by atoms with van der Waals surface area (Å²) in [7, 11) is 0. The van der Waals surface area contributed by atoms with Crippen molar-refractivity contribution in [3.05, 3.63) is 45.0 Å². The Balaban J connectivity index is 1.86. The fourth-order valence-electron chi connectivity index (χ4n) is 3.71. The number of hydrogen-bond donors (Lipinski definition) is 2. The van der Waals surface area contributed by atoms with Crippen molar-refractivity contribution in [1.29, 1.82) is 0 Å². The molecule has 2 aromatic heterocycles. The summed E-state index contributed by atoms with van der Waals surface area (Å²) in [5, 5.41) is 13.6. The van der Waals surface area contributed by atoms with Gasteiger partial charge in [-0.2, -0.15) is 0 Å². The molecule has 30 heavy (non-hydrogen) atoms. The van der Waals surface area contributed by atoms with Gasteiger partial charge in [-0.05, 0) is 56.7 Å². The number of carboxylic acid groups (broad SMARTS) is 1. The lowest BCUT2D eigenvalue weighted by Gasteiger charge is -2.16. The minimum atomic E-state index is -1.06. The first-order valence-electron chi connectivity index (χ1n) is 10.1. The summed E-state index contributed by atoms with van der Waals surface area (Å²) in [5.74, 6) is -0.522. The standard InChI is InChI=1S/C23H27NO6/c1-11(2)8-18(22(26)27)24-21(25)7-6-15-13(4)17-9-16-12(3)14(5)29-19(16)10-20(17)30-23(15)28/h9-11,18H,6-8H2,1-5H3,(H,24,25)(H,26,27)/t18-/m1/s1. The van der Waals surface area contributed by atoms with Gasteiger partial charge in [0.15, 0.2) is 0 Å². The molecule has 7 nitrogen and oxygen atoms in total. The van der Waals surface area contributed by atoms with E-state index in [4.69, 9.17) is 8.83 Å². The van der Waals surface area contributed by atoms with Crippen LogP contribution in [0.25, 0.3) is 21.9 Å². The second-order valence-corrected chi connectivity index (χ2v) is 8.21. The number of amides is 1. The van der Waals surface area contributed by atoms with Crippen LogP contribution in [0.15, 0.2) is 25.8 Å². The van der Waals surface area contributed by atoms with Gasteiger partial charge in [-0.25, -0.2) is 9.59 Å². The molecule has 0 saturated carbocycles. The fourth-order valence-corrected chi connectivity index (χ4v) is 3.71. The Morgan fingerprint density at radius 3 is 2.30 bits per heavy atom. The SMILES string of the molecule is Cc1oc2cc3oc(=O)c(CCC(=O)N[C@H](CC(C)C)C(=O)O)c(C)c3cc2c1C. The number of fused-ring (bicyclic) bond motifs is 2. The van der Waals surface area contributed by atoms with Gasteiger partial charge in [0.2, 0.25) is 5.91 Å². The van der Waals surface area contributed by atoms with E-state index in [0.717, 1.165) is 27.7 Å². The summed E-state index contributed by atoms with van der Waals surface area (Å²) in [6.45, 7) is 9.48. The topological polar surface area (TPSA) is 110 Å². The number of hydrogen-bond acceptors (Lipinski definition) is 5. The van der Waals surface area contributed by atoms with E-state index in [1.165, 1.54) is 0 Å². The van der Waals surface area contributed by atoms with Gasteiger partial charge in [-0.1, -0.05) is 13.8 Å². The largest absolute Gasteiger partial charge is 0.480 e. The van der Waals surface area contributed by atoms with Crippen molar-refractivity contribution < 1.29 is 23.5 Å². The van der Waals surface area contributed by atoms with E-state index in [0.29, 0.717) is 23.2 Å². The van der Waals surface area contributed by atoms with E-state index in [-0.39, 0.29) is 18.8 Å². The molecule has 1 amide bonds. The van der Waals surface area contributed by atoms with Crippen molar-refractivity contribution in [2.45, 2.75) is 59.9 Å². The maximum atomic E-state index is 12.5. The van der Waals surface area contributed by atoms with Crippen molar-refractivity contribution in [3.8, 4) is 0 Å². The summed E-state index contributed by atoms with van der Waals surface area (Å²) >= 11 is 0. The normalized spacial score (nSPS) is 12.6. The molecule has 0 aliphatic carbocycles. The van der Waals surface area contributed by atoms with E-state index in [1.54, 1.807) is 6.07 Å². The van der Waals surface area contributed by atoms with E-state index in [1.807, 2.05) is 40.7 Å². The summed E-state index contributed by atoms with van der Waals surface area (Å²) in [5.41, 5.74) is 2.82. The van der Waals surface area contributed by atoms with E-state index >= 15 is 0 Å². The lowest BCUT2D eigenvalue weighted by molar-refractivity contribution is -0.142. The molecule has 0 aliphatic heterocycles. The van der Waals surface area contributed by atoms with Crippen LogP contribution in [0.2, 0.25) is 0 Å². The molecule has 0 spiro atoms. The van der Waals surface area contributed by atoms with Crippen LogP contribution in [0, 0.1) is 26.7 Å². The number of nitrogens with one attached hydrogen (secondary N) is 1. The third-order valence-corrected chi connectivity index (χ3v) is 5.53. The molecule has 3 aromatic rings. The Morgan fingerprint density at radius 2 is 1.67 bits per heavy atom. The first kappa shape index (κ1) is 21.6. The van der Waals surface area contributed by atoms with Crippen LogP contribution < -0.4 is 10.9 Å². The van der Waals surface area contributed by atoms with Crippen LogP contribution in [0.5, 0.6) is 0 Å². The molecule has 0 fully saturated rings. The Labute approximate surface area is 174 Å². The third kappa shape index (κ3) is 4.25. The van der Waals surface area contributed by atoms with Gasteiger partial charge in [-0.3, -0.25) is 4.79 Å². The molecular formula is C23H27NO6. The van der Waals surface area contributed by atoms with Crippen molar-refractivity contribution in [2.75, 3.05) is 0 Å². The van der Waals surface area contributed by atoms with Gasteiger partial charge in [0.05, 0.1) is 0 Å². The highest BCUT2D eigenvalue weighted by molar-refractivity contribution is 5.96. The zero-order chi connectivity index (χ0) is 22.2. The molecule has 2 heterocycles. The molecule has 0 saturated heterocycles. The maximum absolute atomic E-state index is 12.5. The number of aryl methyl sites for hydroxylation is 3. The maximum Gasteiger partial charge on any atom is 0.339 e. The van der Waals surface area contributed by atoms with Crippen LogP contribution in [0.4, 0.5) is 0 Å². The Morgan fingerprint density at radius 1 is 1.03 bits per heavy atom. The zero-order valence-electron chi connectivity index (χ0n) is 17.9. The van der Waals surface area contributed by atoms with Crippen molar-refractivity contribution in [1.82, 2.24) is 5.32 Å². The molecule has 160 valence electrons. The predicted molar refractivity (Wildman–Crippen MR) is 114 cm³/mol. The molecule has 2 N–H and O–H groups in total. The van der Waals surface area contributed by atoms with Crippen LogP contribution >= 0.6 is 0 Å². The van der Waals surface area contributed by atoms with Gasteiger partial charge in [0, 0.05) is 28.8 Å². The molecule has 7 heteroatoms. The van der Waals surface area contributed by atoms with Gasteiger partial charge in [0.1, 0.15) is 23.0 Å². The first-order valence-corrected chi connectivity index (χ1v) is 10.1. The third-order valence-electron chi connectivity index (χ3n) is 5.53. The summed E-state index contributed by atoms with van der Waals surface area (Å²) in [6.07, 6.45) is 0.522. The smallest absolute Gasteiger partial charge is 0.339 e. The predicted octanol–water partition coefficient (Wildman–Crippen LogP) is 4.01. The van der Waals surface area contributed by atoms with Gasteiger partial charge >= 0.3 is 11.6 Å². The Hall–Kier alpha value is -3.09. The number of furan rings is 1. The highest BCUT2D eigenvalue weighted by Crippen LogP contribution is 2.31. The van der Waals surface area contributed by atoms with Crippen LogP contribution in [-0.2, 0) is 16.0 Å². The van der Waals surface area contributed by atoms with E-state index < -0.39 is 23.5 Å². The number of carboxylic acids is 1. The zero-order valence-corrected chi connectivity index (χ0v) is 17.9. The number of carbonyl (C=O) groups excluding carboxylic acids is 1. The van der Waals surface area contributed by atoms with Gasteiger partial charge in [-0.15, -0.1) is 0 Å². The second kappa shape index (κ2) is 8.34. The van der Waals surface area contributed by atoms with Gasteiger partial charge < -0.3 is 19.3 Å². The molecule has 0 unspecified atom stereocenters. The molecule has 0 bridgehead atoms. The first-order chi connectivity index (χ1) is 14.1. The molecule has 1 atom stereocenters. The summed E-state index contributed by atoms with van der Waals surface area (Å²) in [6, 6.07) is 2.73.